The Kier molecular flexibility index (Phi) is 4.79. The van der Waals surface area contributed by atoms with E-state index in [9.17, 15) is 9.50 Å². The average Bonchev–Trinajstić information content (AvgIpc) is 2.25. The molecule has 1 heterocycles. The van der Waals surface area contributed by atoms with Crippen LogP contribution >= 0.6 is 0 Å². The lowest BCUT2D eigenvalue weighted by Gasteiger charge is -2.23. The summed E-state index contributed by atoms with van der Waals surface area (Å²) < 4.78 is 17.5. The lowest BCUT2D eigenvalue weighted by molar-refractivity contribution is 0.0505. The molecule has 0 bridgehead atoms. The first-order chi connectivity index (χ1) is 7.56. The summed E-state index contributed by atoms with van der Waals surface area (Å²) >= 11 is 0. The summed E-state index contributed by atoms with van der Waals surface area (Å²) in [4.78, 5) is 3.85. The average molecular weight is 228 g/mol. The van der Waals surface area contributed by atoms with Crippen molar-refractivity contribution in [2.24, 2.45) is 0 Å². The van der Waals surface area contributed by atoms with Gasteiger partial charge in [0.05, 0.1) is 18.5 Å². The number of methoxy groups -OCH3 is 1. The van der Waals surface area contributed by atoms with E-state index in [4.69, 9.17) is 4.74 Å². The van der Waals surface area contributed by atoms with Crippen LogP contribution in [0.5, 0.6) is 0 Å². The molecule has 0 aliphatic rings. The first-order valence-corrected chi connectivity index (χ1v) is 5.10. The van der Waals surface area contributed by atoms with E-state index in [0.29, 0.717) is 25.4 Å². The molecule has 4 nitrogen and oxygen atoms in total. The number of hydrogen-bond acceptors (Lipinski definition) is 4. The van der Waals surface area contributed by atoms with Crippen molar-refractivity contribution in [2.75, 3.05) is 26.8 Å². The Balaban J connectivity index is 2.52. The summed E-state index contributed by atoms with van der Waals surface area (Å²) in [6.07, 6.45) is 1.10. The molecule has 5 heteroatoms. The van der Waals surface area contributed by atoms with Crippen LogP contribution < -0.4 is 5.32 Å². The molecule has 1 rings (SSSR count). The van der Waals surface area contributed by atoms with Gasteiger partial charge in [-0.15, -0.1) is 0 Å². The van der Waals surface area contributed by atoms with Crippen molar-refractivity contribution in [3.63, 3.8) is 0 Å². The van der Waals surface area contributed by atoms with Gasteiger partial charge >= 0.3 is 0 Å². The molecule has 0 saturated carbocycles. The van der Waals surface area contributed by atoms with Crippen LogP contribution in [0.4, 0.5) is 4.39 Å². The smallest absolute Gasteiger partial charge is 0.141 e. The standard InChI is InChI=1S/C11H17FN2O2/c1-11(15,8-13-5-6-16-2)10-4-3-9(12)7-14-10/h3-4,7,13,15H,5-6,8H2,1-2H3. The largest absolute Gasteiger partial charge is 0.383 e. The maximum Gasteiger partial charge on any atom is 0.141 e. The lowest BCUT2D eigenvalue weighted by atomic mass is 10.0. The summed E-state index contributed by atoms with van der Waals surface area (Å²) in [6, 6.07) is 2.76. The second kappa shape index (κ2) is 5.89. The van der Waals surface area contributed by atoms with Gasteiger partial charge in [0.25, 0.3) is 0 Å². The quantitative estimate of drug-likeness (QED) is 0.702. The predicted molar refractivity (Wildman–Crippen MR) is 58.5 cm³/mol. The van der Waals surface area contributed by atoms with Gasteiger partial charge in [-0.05, 0) is 19.1 Å². The summed E-state index contributed by atoms with van der Waals surface area (Å²) in [5, 5.41) is 13.1. The minimum atomic E-state index is -1.11. The van der Waals surface area contributed by atoms with Gasteiger partial charge in [-0.25, -0.2) is 4.39 Å². The van der Waals surface area contributed by atoms with E-state index >= 15 is 0 Å². The zero-order valence-electron chi connectivity index (χ0n) is 9.53. The van der Waals surface area contributed by atoms with Crippen molar-refractivity contribution in [2.45, 2.75) is 12.5 Å². The highest BCUT2D eigenvalue weighted by Crippen LogP contribution is 2.16. The Morgan fingerprint density at radius 1 is 1.56 bits per heavy atom. The van der Waals surface area contributed by atoms with E-state index in [1.54, 1.807) is 14.0 Å². The summed E-state index contributed by atoms with van der Waals surface area (Å²) in [5.74, 6) is -0.410. The minimum absolute atomic E-state index is 0.342. The lowest BCUT2D eigenvalue weighted by Crippen LogP contribution is -2.37. The fourth-order valence-corrected chi connectivity index (χ4v) is 1.29. The molecule has 0 amide bonds. The molecule has 1 aromatic heterocycles. The van der Waals surface area contributed by atoms with E-state index < -0.39 is 11.4 Å². The molecule has 0 aliphatic heterocycles. The van der Waals surface area contributed by atoms with Crippen LogP contribution in [0.3, 0.4) is 0 Å². The summed E-state index contributed by atoms with van der Waals surface area (Å²) in [5.41, 5.74) is -0.666. The molecule has 1 aromatic rings. The highest BCUT2D eigenvalue weighted by Gasteiger charge is 2.23. The summed E-state index contributed by atoms with van der Waals surface area (Å²) in [6.45, 7) is 3.20. The van der Waals surface area contributed by atoms with Gasteiger partial charge in [-0.2, -0.15) is 0 Å². The second-order valence-corrected chi connectivity index (χ2v) is 3.81. The third kappa shape index (κ3) is 3.84. The zero-order chi connectivity index (χ0) is 12.0. The van der Waals surface area contributed by atoms with E-state index in [-0.39, 0.29) is 0 Å². The van der Waals surface area contributed by atoms with Gasteiger partial charge in [0, 0.05) is 20.2 Å². The molecule has 90 valence electrons. The van der Waals surface area contributed by atoms with Gasteiger partial charge in [0.1, 0.15) is 11.4 Å². The van der Waals surface area contributed by atoms with Gasteiger partial charge in [-0.1, -0.05) is 0 Å². The van der Waals surface area contributed by atoms with Crippen molar-refractivity contribution < 1.29 is 14.2 Å². The number of pyridine rings is 1. The third-order valence-electron chi connectivity index (χ3n) is 2.23. The van der Waals surface area contributed by atoms with Crippen LogP contribution in [0.1, 0.15) is 12.6 Å². The number of ether oxygens (including phenoxy) is 1. The van der Waals surface area contributed by atoms with E-state index in [0.717, 1.165) is 6.20 Å². The van der Waals surface area contributed by atoms with E-state index in [2.05, 4.69) is 10.3 Å². The van der Waals surface area contributed by atoms with Gasteiger partial charge in [-0.3, -0.25) is 4.98 Å². The Bertz CT molecular complexity index is 314. The van der Waals surface area contributed by atoms with Gasteiger partial charge in [0.2, 0.25) is 0 Å². The van der Waals surface area contributed by atoms with Crippen molar-refractivity contribution in [1.82, 2.24) is 10.3 Å². The molecular weight excluding hydrogens is 211 g/mol. The van der Waals surface area contributed by atoms with E-state index in [1.165, 1.54) is 12.1 Å². The Morgan fingerprint density at radius 2 is 2.31 bits per heavy atom. The molecule has 0 radical (unpaired) electrons. The highest BCUT2D eigenvalue weighted by atomic mass is 19.1. The molecule has 0 fully saturated rings. The number of rotatable bonds is 6. The SMILES string of the molecule is COCCNCC(C)(O)c1ccc(F)cn1. The number of halogens is 1. The van der Waals surface area contributed by atoms with Crippen LogP contribution in [0, 0.1) is 5.82 Å². The number of nitrogens with zero attached hydrogens (tertiary/aromatic N) is 1. The predicted octanol–water partition coefficient (Wildman–Crippen LogP) is 0.664. The fraction of sp³-hybridized carbons (Fsp3) is 0.545. The molecule has 0 spiro atoms. The first kappa shape index (κ1) is 13.0. The molecule has 0 saturated heterocycles. The molecule has 0 aliphatic carbocycles. The zero-order valence-corrected chi connectivity index (χ0v) is 9.53. The van der Waals surface area contributed by atoms with Crippen LogP contribution in [0.15, 0.2) is 18.3 Å². The number of hydrogen-bond donors (Lipinski definition) is 2. The molecular formula is C11H17FN2O2. The van der Waals surface area contributed by atoms with Crippen LogP contribution in [-0.2, 0) is 10.3 Å². The second-order valence-electron chi connectivity index (χ2n) is 3.81. The molecule has 16 heavy (non-hydrogen) atoms. The normalized spacial score (nSPS) is 14.8. The topological polar surface area (TPSA) is 54.4 Å². The molecule has 0 aromatic carbocycles. The number of nitrogens with one attached hydrogen (secondary N) is 1. The van der Waals surface area contributed by atoms with Crippen LogP contribution in [0.2, 0.25) is 0 Å². The van der Waals surface area contributed by atoms with Crippen LogP contribution in [0.25, 0.3) is 0 Å². The maximum absolute atomic E-state index is 12.7. The number of aliphatic hydroxyl groups is 1. The van der Waals surface area contributed by atoms with Crippen molar-refractivity contribution in [1.29, 1.82) is 0 Å². The van der Waals surface area contributed by atoms with Crippen molar-refractivity contribution >= 4 is 0 Å². The van der Waals surface area contributed by atoms with Crippen molar-refractivity contribution in [3.05, 3.63) is 29.8 Å². The summed E-state index contributed by atoms with van der Waals surface area (Å²) in [7, 11) is 1.61. The van der Waals surface area contributed by atoms with Crippen LogP contribution in [-0.4, -0.2) is 36.9 Å². The molecule has 2 N–H and O–H groups in total. The Morgan fingerprint density at radius 3 is 2.88 bits per heavy atom. The van der Waals surface area contributed by atoms with Gasteiger partial charge < -0.3 is 15.2 Å². The third-order valence-corrected chi connectivity index (χ3v) is 2.23. The highest BCUT2D eigenvalue weighted by molar-refractivity contribution is 5.13. The minimum Gasteiger partial charge on any atom is -0.383 e. The molecule has 1 atom stereocenters. The monoisotopic (exact) mass is 228 g/mol. The fourth-order valence-electron chi connectivity index (χ4n) is 1.29. The Hall–Kier alpha value is -1.04. The first-order valence-electron chi connectivity index (χ1n) is 5.10. The van der Waals surface area contributed by atoms with Gasteiger partial charge in [0.15, 0.2) is 0 Å². The molecule has 1 unspecified atom stereocenters. The van der Waals surface area contributed by atoms with Crippen molar-refractivity contribution in [3.8, 4) is 0 Å². The number of aromatic nitrogens is 1. The maximum atomic E-state index is 12.7. The van der Waals surface area contributed by atoms with E-state index in [1.807, 2.05) is 0 Å². The Labute approximate surface area is 94.5 Å².